The van der Waals surface area contributed by atoms with Gasteiger partial charge in [0.2, 0.25) is 5.91 Å². The maximum atomic E-state index is 11.4. The van der Waals surface area contributed by atoms with Gasteiger partial charge in [0.1, 0.15) is 5.92 Å². The molecule has 4 heteroatoms. The van der Waals surface area contributed by atoms with Crippen LogP contribution in [0.2, 0.25) is 0 Å². The summed E-state index contributed by atoms with van der Waals surface area (Å²) in [6, 6.07) is 0. The summed E-state index contributed by atoms with van der Waals surface area (Å²) in [5.74, 6) is 0.255. The summed E-state index contributed by atoms with van der Waals surface area (Å²) in [4.78, 5) is 14.6. The summed E-state index contributed by atoms with van der Waals surface area (Å²) in [6.07, 6.45) is 4.40. The molecule has 1 saturated carbocycles. The van der Waals surface area contributed by atoms with Gasteiger partial charge in [-0.3, -0.25) is 10.1 Å². The Kier molecular flexibility index (Phi) is 2.09. The zero-order valence-electron chi connectivity index (χ0n) is 6.84. The van der Waals surface area contributed by atoms with Crippen molar-refractivity contribution in [1.82, 2.24) is 5.32 Å². The summed E-state index contributed by atoms with van der Waals surface area (Å²) >= 11 is 4.17. The van der Waals surface area contributed by atoms with Gasteiger partial charge in [-0.1, -0.05) is 19.0 Å². The van der Waals surface area contributed by atoms with Crippen LogP contribution in [0.15, 0.2) is 0 Å². The van der Waals surface area contributed by atoms with Crippen molar-refractivity contribution in [2.45, 2.75) is 31.2 Å². The van der Waals surface area contributed by atoms with E-state index >= 15 is 0 Å². The number of carbonyl (C=O) groups excluding carboxylic acids is 1. The zero-order chi connectivity index (χ0) is 8.55. The van der Waals surface area contributed by atoms with Crippen LogP contribution in [0.3, 0.4) is 0 Å². The number of fused-ring (bicyclic) bond motifs is 1. The Hall–Kier alpha value is -0.510. The van der Waals surface area contributed by atoms with Crippen LogP contribution in [0, 0.1) is 5.92 Å². The molecule has 0 aromatic carbocycles. The molecule has 0 radical (unpaired) electrons. The first-order valence-electron chi connectivity index (χ1n) is 4.38. The lowest BCUT2D eigenvalue weighted by molar-refractivity contribution is -0.485. The van der Waals surface area contributed by atoms with Crippen LogP contribution in [0.25, 0.3) is 0 Å². The minimum absolute atomic E-state index is 0.113. The molecule has 0 saturated heterocycles. The van der Waals surface area contributed by atoms with Crippen LogP contribution in [0.1, 0.15) is 25.7 Å². The van der Waals surface area contributed by atoms with E-state index in [9.17, 15) is 4.79 Å². The van der Waals surface area contributed by atoms with Crippen molar-refractivity contribution in [2.75, 3.05) is 0 Å². The molecule has 2 unspecified atom stereocenters. The van der Waals surface area contributed by atoms with E-state index in [0.29, 0.717) is 0 Å². The number of carbonyl (C=O) groups is 1. The number of nitrogens with one attached hydrogen (secondary N) is 2. The Morgan fingerprint density at radius 1 is 1.50 bits per heavy atom. The molecule has 0 aromatic heterocycles. The van der Waals surface area contributed by atoms with Gasteiger partial charge in [0, 0.05) is 6.42 Å². The van der Waals surface area contributed by atoms with E-state index in [4.69, 9.17) is 0 Å². The Morgan fingerprint density at radius 3 is 3.17 bits per heavy atom. The highest BCUT2D eigenvalue weighted by atomic mass is 32.1. The normalized spacial score (nSPS) is 35.1. The van der Waals surface area contributed by atoms with E-state index < -0.39 is 0 Å². The summed E-state index contributed by atoms with van der Waals surface area (Å²) in [5.41, 5.74) is 1.01. The predicted molar refractivity (Wildman–Crippen MR) is 48.8 cm³/mol. The first-order chi connectivity index (χ1) is 5.77. The lowest BCUT2D eigenvalue weighted by Crippen LogP contribution is -2.87. The Balaban J connectivity index is 2.22. The number of thiol groups is 1. The van der Waals surface area contributed by atoms with Gasteiger partial charge in [-0.25, -0.2) is 4.99 Å². The minimum atomic E-state index is -0.179. The number of hydrogen-bond acceptors (Lipinski definition) is 2. The molecule has 2 rings (SSSR count). The molecular weight excluding hydrogens is 172 g/mol. The second-order valence-corrected chi connectivity index (χ2v) is 3.90. The maximum Gasteiger partial charge on any atom is 0.272 e. The summed E-state index contributed by atoms with van der Waals surface area (Å²) in [6.45, 7) is 0. The number of amides is 1. The molecule has 1 aliphatic heterocycles. The van der Waals surface area contributed by atoms with Crippen molar-refractivity contribution in [3.8, 4) is 0 Å². The highest BCUT2D eigenvalue weighted by molar-refractivity contribution is 7.80. The van der Waals surface area contributed by atoms with Gasteiger partial charge in [-0.15, -0.1) is 0 Å². The molecule has 2 N–H and O–H groups in total. The molecule has 0 aromatic rings. The average Bonchev–Trinajstić information content (AvgIpc) is 2.04. The average molecular weight is 185 g/mol. The smallest absolute Gasteiger partial charge is 0.272 e. The van der Waals surface area contributed by atoms with Gasteiger partial charge in [-0.05, 0) is 12.8 Å². The fourth-order valence-electron chi connectivity index (χ4n) is 1.92. The van der Waals surface area contributed by atoms with Gasteiger partial charge < -0.3 is 0 Å². The van der Waals surface area contributed by atoms with Gasteiger partial charge in [0.05, 0.1) is 0 Å². The Labute approximate surface area is 77.0 Å². The van der Waals surface area contributed by atoms with Crippen LogP contribution in [0.5, 0.6) is 0 Å². The van der Waals surface area contributed by atoms with Crippen molar-refractivity contribution in [3.05, 3.63) is 0 Å². The third-order valence-electron chi connectivity index (χ3n) is 2.53. The zero-order valence-corrected chi connectivity index (χ0v) is 7.73. The highest BCUT2D eigenvalue weighted by Crippen LogP contribution is 2.20. The molecule has 2 aliphatic rings. The van der Waals surface area contributed by atoms with Gasteiger partial charge in [-0.2, -0.15) is 0 Å². The van der Waals surface area contributed by atoms with Crippen LogP contribution in [-0.2, 0) is 4.79 Å². The second-order valence-electron chi connectivity index (χ2n) is 3.38. The molecule has 3 nitrogen and oxygen atoms in total. The quantitative estimate of drug-likeness (QED) is 0.418. The number of hydrogen-bond donors (Lipinski definition) is 3. The SMILES string of the molecule is O=C1NC(S)[NH+]=C2CCCCC12. The van der Waals surface area contributed by atoms with Crippen molar-refractivity contribution >= 4 is 24.2 Å². The summed E-state index contributed by atoms with van der Waals surface area (Å²) in [5, 5.41) is 2.77. The molecule has 66 valence electrons. The van der Waals surface area contributed by atoms with E-state index in [1.165, 1.54) is 18.6 Å². The van der Waals surface area contributed by atoms with Crippen LogP contribution in [0.4, 0.5) is 0 Å². The van der Waals surface area contributed by atoms with Crippen LogP contribution >= 0.6 is 12.6 Å². The van der Waals surface area contributed by atoms with Crippen molar-refractivity contribution < 1.29 is 9.79 Å². The van der Waals surface area contributed by atoms with Crippen LogP contribution < -0.4 is 10.3 Å². The molecule has 0 bridgehead atoms. The fourth-order valence-corrected chi connectivity index (χ4v) is 2.21. The largest absolute Gasteiger partial charge is 0.289 e. The third-order valence-corrected chi connectivity index (χ3v) is 2.79. The summed E-state index contributed by atoms with van der Waals surface area (Å²) < 4.78 is 0. The number of rotatable bonds is 0. The van der Waals surface area contributed by atoms with Crippen LogP contribution in [-0.4, -0.2) is 17.1 Å². The third kappa shape index (κ3) is 1.35. The lowest BCUT2D eigenvalue weighted by Gasteiger charge is -2.24. The monoisotopic (exact) mass is 185 g/mol. The minimum Gasteiger partial charge on any atom is -0.289 e. The van der Waals surface area contributed by atoms with E-state index in [1.807, 2.05) is 0 Å². The Morgan fingerprint density at radius 2 is 2.33 bits per heavy atom. The summed E-state index contributed by atoms with van der Waals surface area (Å²) in [7, 11) is 0. The van der Waals surface area contributed by atoms with Gasteiger partial charge in [0.25, 0.3) is 5.50 Å². The highest BCUT2D eigenvalue weighted by Gasteiger charge is 2.36. The predicted octanol–water partition coefficient (Wildman–Crippen LogP) is -0.959. The first kappa shape index (κ1) is 8.10. The van der Waals surface area contributed by atoms with Crippen molar-refractivity contribution in [3.63, 3.8) is 0 Å². The Bertz CT molecular complexity index is 239. The van der Waals surface area contributed by atoms with E-state index in [0.717, 1.165) is 12.8 Å². The van der Waals surface area contributed by atoms with E-state index in [2.05, 4.69) is 22.9 Å². The molecular formula is C8H13N2OS+. The first-order valence-corrected chi connectivity index (χ1v) is 4.90. The molecule has 1 aliphatic carbocycles. The van der Waals surface area contributed by atoms with Crippen molar-refractivity contribution in [2.24, 2.45) is 5.92 Å². The molecule has 12 heavy (non-hydrogen) atoms. The topological polar surface area (TPSA) is 43.1 Å². The molecule has 1 heterocycles. The molecule has 1 fully saturated rings. The lowest BCUT2D eigenvalue weighted by atomic mass is 9.86. The molecule has 0 spiro atoms. The second kappa shape index (κ2) is 3.09. The maximum absolute atomic E-state index is 11.4. The fraction of sp³-hybridized carbons (Fsp3) is 0.750. The molecule has 1 amide bonds. The standard InChI is InChI=1S/C8H12N2OS/c11-7-5-3-1-2-4-6(5)9-8(12)10-7/h5,8,12H,1-4H2,(H,10,11)/p+1. The van der Waals surface area contributed by atoms with E-state index in [1.54, 1.807) is 0 Å². The molecule has 2 atom stereocenters. The van der Waals surface area contributed by atoms with Gasteiger partial charge >= 0.3 is 0 Å². The van der Waals surface area contributed by atoms with Gasteiger partial charge in [0.15, 0.2) is 5.71 Å². The van der Waals surface area contributed by atoms with Crippen molar-refractivity contribution in [1.29, 1.82) is 0 Å². The van der Waals surface area contributed by atoms with E-state index in [-0.39, 0.29) is 17.3 Å².